The Balaban J connectivity index is 5.72. The van der Waals surface area contributed by atoms with Gasteiger partial charge in [0, 0.05) is 26.1 Å². The number of ether oxygens (including phenoxy) is 4. The SMILES string of the molecule is COC(=O)CCC(CP(=O)(OC)C(CCC(=O)OC)NC(=O)OC(C)(C)C)C(=O)OC. The predicted molar refractivity (Wildman–Crippen MR) is 111 cm³/mol. The third-order valence-corrected chi connectivity index (χ3v) is 7.16. The summed E-state index contributed by atoms with van der Waals surface area (Å²) in [6.45, 7) is 4.98. The molecule has 3 atom stereocenters. The largest absolute Gasteiger partial charge is 0.469 e. The van der Waals surface area contributed by atoms with E-state index in [4.69, 9.17) is 14.0 Å². The van der Waals surface area contributed by atoms with Crippen LogP contribution in [0.3, 0.4) is 0 Å². The van der Waals surface area contributed by atoms with E-state index in [1.807, 2.05) is 0 Å². The molecule has 0 heterocycles. The average molecular weight is 467 g/mol. The highest BCUT2D eigenvalue weighted by molar-refractivity contribution is 7.59. The number of hydrogen-bond acceptors (Lipinski definition) is 10. The van der Waals surface area contributed by atoms with Crippen LogP contribution in [0.2, 0.25) is 0 Å². The monoisotopic (exact) mass is 467 g/mol. The summed E-state index contributed by atoms with van der Waals surface area (Å²) in [5.74, 6) is -3.91. The second-order valence-corrected chi connectivity index (χ2v) is 10.5. The quantitative estimate of drug-likeness (QED) is 0.258. The van der Waals surface area contributed by atoms with Crippen LogP contribution < -0.4 is 5.32 Å². The minimum Gasteiger partial charge on any atom is -0.469 e. The van der Waals surface area contributed by atoms with Crippen LogP contribution in [0.25, 0.3) is 0 Å². The lowest BCUT2D eigenvalue weighted by Crippen LogP contribution is -2.40. The Bertz CT molecular complexity index is 673. The Morgan fingerprint density at radius 3 is 1.81 bits per heavy atom. The molecule has 0 aromatic rings. The molecule has 12 heteroatoms. The van der Waals surface area contributed by atoms with Crippen LogP contribution in [-0.2, 0) is 42.4 Å². The van der Waals surface area contributed by atoms with Gasteiger partial charge < -0.3 is 28.8 Å². The van der Waals surface area contributed by atoms with Crippen molar-refractivity contribution in [2.24, 2.45) is 5.92 Å². The molecule has 180 valence electrons. The maximum atomic E-state index is 13.7. The summed E-state index contributed by atoms with van der Waals surface area (Å²) in [5, 5.41) is 2.48. The molecule has 31 heavy (non-hydrogen) atoms. The minimum absolute atomic E-state index is 0.00283. The van der Waals surface area contributed by atoms with E-state index < -0.39 is 48.7 Å². The smallest absolute Gasteiger partial charge is 0.408 e. The van der Waals surface area contributed by atoms with Crippen molar-refractivity contribution in [1.29, 1.82) is 0 Å². The Hall–Kier alpha value is -2.13. The van der Waals surface area contributed by atoms with Crippen molar-refractivity contribution in [3.8, 4) is 0 Å². The third-order valence-electron chi connectivity index (χ3n) is 4.25. The second-order valence-electron chi connectivity index (χ2n) is 7.70. The van der Waals surface area contributed by atoms with E-state index >= 15 is 0 Å². The first kappa shape index (κ1) is 28.9. The van der Waals surface area contributed by atoms with E-state index in [0.717, 1.165) is 0 Å². The van der Waals surface area contributed by atoms with Gasteiger partial charge in [-0.3, -0.25) is 18.9 Å². The lowest BCUT2D eigenvalue weighted by atomic mass is 10.1. The number of hydrogen-bond donors (Lipinski definition) is 1. The molecule has 3 unspecified atom stereocenters. The number of amides is 1. The van der Waals surface area contributed by atoms with Crippen LogP contribution in [-0.4, -0.2) is 70.0 Å². The van der Waals surface area contributed by atoms with Crippen molar-refractivity contribution >= 4 is 31.4 Å². The molecule has 0 radical (unpaired) electrons. The molecule has 1 amide bonds. The normalized spacial score (nSPS) is 15.1. The molecule has 0 fully saturated rings. The van der Waals surface area contributed by atoms with Gasteiger partial charge in [-0.25, -0.2) is 4.79 Å². The van der Waals surface area contributed by atoms with E-state index in [2.05, 4.69) is 14.8 Å². The predicted octanol–water partition coefficient (Wildman–Crippen LogP) is 2.46. The van der Waals surface area contributed by atoms with E-state index in [1.54, 1.807) is 20.8 Å². The fourth-order valence-corrected chi connectivity index (χ4v) is 5.08. The van der Waals surface area contributed by atoms with Gasteiger partial charge in [-0.15, -0.1) is 0 Å². The minimum atomic E-state index is -3.76. The Morgan fingerprint density at radius 2 is 1.39 bits per heavy atom. The van der Waals surface area contributed by atoms with Gasteiger partial charge >= 0.3 is 24.0 Å². The molecule has 0 bridgehead atoms. The highest BCUT2D eigenvalue weighted by Gasteiger charge is 2.40. The first-order valence-corrected chi connectivity index (χ1v) is 11.5. The molecule has 1 N–H and O–H groups in total. The zero-order valence-corrected chi connectivity index (χ0v) is 20.1. The van der Waals surface area contributed by atoms with Gasteiger partial charge in [0.15, 0.2) is 0 Å². The van der Waals surface area contributed by atoms with Gasteiger partial charge in [-0.2, -0.15) is 0 Å². The second kappa shape index (κ2) is 13.3. The highest BCUT2D eigenvalue weighted by Crippen LogP contribution is 2.53. The van der Waals surface area contributed by atoms with Crippen molar-refractivity contribution in [2.45, 2.75) is 57.8 Å². The van der Waals surface area contributed by atoms with Crippen LogP contribution in [0.4, 0.5) is 4.79 Å². The molecule has 0 rings (SSSR count). The summed E-state index contributed by atoms with van der Waals surface area (Å²) < 4.78 is 38.1. The van der Waals surface area contributed by atoms with Crippen LogP contribution in [0, 0.1) is 5.92 Å². The van der Waals surface area contributed by atoms with Crippen LogP contribution in [0.15, 0.2) is 0 Å². The molecular formula is C19H34NO10P. The zero-order chi connectivity index (χ0) is 24.2. The number of esters is 3. The fourth-order valence-electron chi connectivity index (χ4n) is 2.65. The third kappa shape index (κ3) is 11.2. The van der Waals surface area contributed by atoms with E-state index in [1.165, 1.54) is 28.4 Å². The molecule has 0 aliphatic rings. The zero-order valence-electron chi connectivity index (χ0n) is 19.2. The van der Waals surface area contributed by atoms with Crippen molar-refractivity contribution in [3.63, 3.8) is 0 Å². The molecule has 0 saturated carbocycles. The van der Waals surface area contributed by atoms with Crippen LogP contribution >= 0.6 is 7.37 Å². The number of carbonyl (C=O) groups excluding carboxylic acids is 4. The summed E-state index contributed by atoms with van der Waals surface area (Å²) >= 11 is 0. The summed E-state index contributed by atoms with van der Waals surface area (Å²) in [6, 6.07) is 0. The van der Waals surface area contributed by atoms with Gasteiger partial charge in [0.05, 0.1) is 27.2 Å². The van der Waals surface area contributed by atoms with E-state index in [0.29, 0.717) is 0 Å². The number of carbonyl (C=O) groups is 4. The van der Waals surface area contributed by atoms with Crippen molar-refractivity contribution in [2.75, 3.05) is 34.6 Å². The maximum absolute atomic E-state index is 13.7. The summed E-state index contributed by atoms with van der Waals surface area (Å²) in [5.41, 5.74) is -0.816. The molecule has 11 nitrogen and oxygen atoms in total. The highest BCUT2D eigenvalue weighted by atomic mass is 31.2. The summed E-state index contributed by atoms with van der Waals surface area (Å²) in [7, 11) is 0.997. The number of methoxy groups -OCH3 is 3. The maximum Gasteiger partial charge on any atom is 0.408 e. The number of alkyl carbamates (subject to hydrolysis) is 1. The standard InChI is InChI=1S/C19H34NO10P/c1-19(2,3)30-18(24)20-14(9-11-16(22)27-5)31(25,29-7)12-13(17(23)28-6)8-10-15(21)26-4/h13-14H,8-12H2,1-7H3,(H,20,24). The number of nitrogens with one attached hydrogen (secondary N) is 1. The molecule has 0 aromatic carbocycles. The Morgan fingerprint density at radius 1 is 0.871 bits per heavy atom. The topological polar surface area (TPSA) is 144 Å². The van der Waals surface area contributed by atoms with Gasteiger partial charge in [0.25, 0.3) is 0 Å². The fraction of sp³-hybridized carbons (Fsp3) is 0.789. The van der Waals surface area contributed by atoms with Crippen molar-refractivity contribution < 1.29 is 47.2 Å². The lowest BCUT2D eigenvalue weighted by Gasteiger charge is -2.30. The lowest BCUT2D eigenvalue weighted by molar-refractivity contribution is -0.146. The molecule has 0 spiro atoms. The van der Waals surface area contributed by atoms with Crippen LogP contribution in [0.5, 0.6) is 0 Å². The van der Waals surface area contributed by atoms with E-state index in [9.17, 15) is 23.7 Å². The van der Waals surface area contributed by atoms with Gasteiger partial charge in [-0.1, -0.05) is 0 Å². The first-order chi connectivity index (χ1) is 14.3. The average Bonchev–Trinajstić information content (AvgIpc) is 2.71. The molecule has 0 aliphatic carbocycles. The number of rotatable bonds is 12. The Kier molecular flexibility index (Phi) is 12.4. The summed E-state index contributed by atoms with van der Waals surface area (Å²) in [4.78, 5) is 47.6. The van der Waals surface area contributed by atoms with E-state index in [-0.39, 0.29) is 31.8 Å². The van der Waals surface area contributed by atoms with Gasteiger partial charge in [-0.05, 0) is 33.6 Å². The molecule has 0 aromatic heterocycles. The molecule has 0 aliphatic heterocycles. The molecular weight excluding hydrogens is 433 g/mol. The van der Waals surface area contributed by atoms with Gasteiger partial charge in [0.2, 0.25) is 7.37 Å². The first-order valence-electron chi connectivity index (χ1n) is 9.67. The summed E-state index contributed by atoms with van der Waals surface area (Å²) in [6.07, 6.45) is -1.52. The van der Waals surface area contributed by atoms with Crippen molar-refractivity contribution in [1.82, 2.24) is 5.32 Å². The molecule has 0 saturated heterocycles. The van der Waals surface area contributed by atoms with Gasteiger partial charge in [0.1, 0.15) is 11.4 Å². The van der Waals surface area contributed by atoms with Crippen molar-refractivity contribution in [3.05, 3.63) is 0 Å². The van der Waals surface area contributed by atoms with Crippen LogP contribution in [0.1, 0.15) is 46.5 Å². The Labute approximate surface area is 182 Å².